The number of aliphatic hydroxyl groups excluding tert-OH is 1. The monoisotopic (exact) mass is 751 g/mol. The number of phosphoric ester groups is 1. The zero-order valence-electron chi connectivity index (χ0n) is 31.6. The molecule has 0 spiro atoms. The quantitative estimate of drug-likeness (QED) is 0.0216. The van der Waals surface area contributed by atoms with Crippen LogP contribution >= 0.6 is 7.82 Å². The van der Waals surface area contributed by atoms with Gasteiger partial charge in [-0.15, -0.1) is 0 Å². The lowest BCUT2D eigenvalue weighted by atomic mass is 10.1. The van der Waals surface area contributed by atoms with Gasteiger partial charge in [0.05, 0.1) is 13.2 Å². The predicted molar refractivity (Wildman–Crippen MR) is 208 cm³/mol. The highest BCUT2D eigenvalue weighted by Gasteiger charge is 2.28. The number of carbonyl (C=O) groups is 3. The summed E-state index contributed by atoms with van der Waals surface area (Å²) in [6.07, 6.45) is 39.4. The number of unbranched alkanes of at least 4 members (excludes halogenated alkanes) is 8. The molecule has 52 heavy (non-hydrogen) atoms. The molecule has 0 fully saturated rings. The summed E-state index contributed by atoms with van der Waals surface area (Å²) in [5.41, 5.74) is 0. The molecule has 0 aromatic carbocycles. The summed E-state index contributed by atoms with van der Waals surface area (Å²) >= 11 is 0. The topological polar surface area (TPSA) is 169 Å². The van der Waals surface area contributed by atoms with E-state index in [1.807, 2.05) is 6.08 Å². The zero-order valence-corrected chi connectivity index (χ0v) is 32.5. The van der Waals surface area contributed by atoms with Crippen LogP contribution in [0.2, 0.25) is 0 Å². The van der Waals surface area contributed by atoms with Gasteiger partial charge in [0.25, 0.3) is 0 Å². The van der Waals surface area contributed by atoms with Gasteiger partial charge < -0.3 is 25.2 Å². The average molecular weight is 752 g/mol. The predicted octanol–water partition coefficient (Wildman–Crippen LogP) is 8.99. The molecule has 0 radical (unpaired) electrons. The molecule has 296 valence electrons. The van der Waals surface area contributed by atoms with E-state index in [0.29, 0.717) is 12.8 Å². The standard InChI is InChI=1S/C40H66NO10P/c1-3-5-7-9-11-13-15-17-18-20-21-23-25-27-29-31-38(43)41-37(40(45)46)35-51-52(47,48)50-34-36(42)33-49-39(44)32-30-28-26-24-22-19-16-14-12-10-8-6-4-2/h5,7-8,10-11,13-14,16-18,21,23,36-37,42H,3-4,6,9,12,15,19-20,22,24-35H2,1-2H3,(H,41,43)(H,45,46)(H,47,48)/b7-5-,10-8-,13-11-,16-14-,18-17-,23-21-. The smallest absolute Gasteiger partial charge is 0.472 e. The van der Waals surface area contributed by atoms with Crippen LogP contribution in [-0.2, 0) is 32.7 Å². The first kappa shape index (κ1) is 48.9. The van der Waals surface area contributed by atoms with Crippen LogP contribution in [-0.4, -0.2) is 64.9 Å². The maximum atomic E-state index is 12.2. The first-order chi connectivity index (χ1) is 25.1. The van der Waals surface area contributed by atoms with Crippen LogP contribution in [0.3, 0.4) is 0 Å². The number of esters is 1. The second-order valence-electron chi connectivity index (χ2n) is 12.4. The highest BCUT2D eigenvalue weighted by Crippen LogP contribution is 2.43. The molecule has 1 amide bonds. The van der Waals surface area contributed by atoms with Crippen LogP contribution in [0.25, 0.3) is 0 Å². The van der Waals surface area contributed by atoms with E-state index in [4.69, 9.17) is 13.8 Å². The summed E-state index contributed by atoms with van der Waals surface area (Å²) in [6, 6.07) is -1.57. The Kier molecular flexibility index (Phi) is 32.9. The minimum absolute atomic E-state index is 0.0883. The number of aliphatic carboxylic acids is 1. The molecule has 0 aliphatic rings. The maximum absolute atomic E-state index is 12.2. The molecule has 0 bridgehead atoms. The molecular weight excluding hydrogens is 685 g/mol. The number of aliphatic hydroxyl groups is 1. The highest BCUT2D eigenvalue weighted by molar-refractivity contribution is 7.47. The Hall–Kier alpha value is -3.08. The van der Waals surface area contributed by atoms with Crippen molar-refractivity contribution in [3.8, 4) is 0 Å². The number of nitrogens with one attached hydrogen (secondary N) is 1. The lowest BCUT2D eigenvalue weighted by Gasteiger charge is -2.18. The number of allylic oxidation sites excluding steroid dienone is 12. The second-order valence-corrected chi connectivity index (χ2v) is 13.8. The molecule has 0 heterocycles. The van der Waals surface area contributed by atoms with Crippen LogP contribution in [0.5, 0.6) is 0 Å². The molecule has 12 heteroatoms. The van der Waals surface area contributed by atoms with Crippen molar-refractivity contribution in [2.75, 3.05) is 19.8 Å². The van der Waals surface area contributed by atoms with E-state index >= 15 is 0 Å². The number of ether oxygens (including phenoxy) is 1. The van der Waals surface area contributed by atoms with Crippen molar-refractivity contribution in [1.29, 1.82) is 0 Å². The number of phosphoric acid groups is 1. The number of hydrogen-bond acceptors (Lipinski definition) is 8. The third kappa shape index (κ3) is 34.0. The van der Waals surface area contributed by atoms with E-state index in [1.54, 1.807) is 0 Å². The molecule has 0 aliphatic carbocycles. The molecule has 0 aliphatic heterocycles. The SMILES string of the molecule is CC/C=C\C/C=C\C/C=C\C/C=C\CCCCC(=O)NC(COP(=O)(O)OCC(O)COC(=O)CCCCCCC/C=C\C/C=C\CCC)C(=O)O. The van der Waals surface area contributed by atoms with E-state index in [0.717, 1.165) is 83.5 Å². The summed E-state index contributed by atoms with van der Waals surface area (Å²) in [5.74, 6) is -2.46. The Balaban J connectivity index is 4.07. The van der Waals surface area contributed by atoms with Gasteiger partial charge in [0.2, 0.25) is 5.91 Å². The van der Waals surface area contributed by atoms with Gasteiger partial charge in [-0.25, -0.2) is 9.36 Å². The molecule has 11 nitrogen and oxygen atoms in total. The number of carboxylic acids is 1. The van der Waals surface area contributed by atoms with Crippen molar-refractivity contribution >= 4 is 25.7 Å². The Morgan fingerprint density at radius 1 is 0.635 bits per heavy atom. The van der Waals surface area contributed by atoms with E-state index in [1.165, 1.54) is 6.42 Å². The van der Waals surface area contributed by atoms with E-state index in [-0.39, 0.29) is 12.8 Å². The Morgan fingerprint density at radius 3 is 1.69 bits per heavy atom. The zero-order chi connectivity index (χ0) is 38.5. The van der Waals surface area contributed by atoms with Crippen molar-refractivity contribution < 1.29 is 47.8 Å². The minimum Gasteiger partial charge on any atom is -0.480 e. The number of hydrogen-bond donors (Lipinski definition) is 4. The van der Waals surface area contributed by atoms with Gasteiger partial charge >= 0.3 is 19.8 Å². The van der Waals surface area contributed by atoms with Gasteiger partial charge in [-0.3, -0.25) is 18.6 Å². The van der Waals surface area contributed by atoms with E-state index < -0.39 is 57.6 Å². The van der Waals surface area contributed by atoms with Crippen LogP contribution in [0, 0.1) is 0 Å². The van der Waals surface area contributed by atoms with Gasteiger partial charge in [-0.1, -0.05) is 112 Å². The van der Waals surface area contributed by atoms with Crippen molar-refractivity contribution in [2.45, 2.75) is 142 Å². The fourth-order valence-electron chi connectivity index (χ4n) is 4.52. The Bertz CT molecular complexity index is 1160. The van der Waals surface area contributed by atoms with Gasteiger partial charge in [-0.2, -0.15) is 0 Å². The molecule has 3 atom stereocenters. The van der Waals surface area contributed by atoms with Crippen molar-refractivity contribution in [1.82, 2.24) is 5.32 Å². The van der Waals surface area contributed by atoms with Crippen LogP contribution < -0.4 is 5.32 Å². The number of amides is 1. The Labute approximate surface area is 312 Å². The summed E-state index contributed by atoms with van der Waals surface area (Å²) in [4.78, 5) is 45.7. The number of rotatable bonds is 34. The van der Waals surface area contributed by atoms with Crippen molar-refractivity contribution in [3.63, 3.8) is 0 Å². The molecule has 3 unspecified atom stereocenters. The summed E-state index contributed by atoms with van der Waals surface area (Å²) < 4.78 is 26.7. The molecule has 0 rings (SSSR count). The van der Waals surface area contributed by atoms with Crippen molar-refractivity contribution in [2.24, 2.45) is 0 Å². The maximum Gasteiger partial charge on any atom is 0.472 e. The van der Waals surface area contributed by atoms with E-state index in [2.05, 4.69) is 86.0 Å². The summed E-state index contributed by atoms with van der Waals surface area (Å²) in [6.45, 7) is 2.33. The summed E-state index contributed by atoms with van der Waals surface area (Å²) in [7, 11) is -4.77. The minimum atomic E-state index is -4.77. The molecule has 0 saturated carbocycles. The largest absolute Gasteiger partial charge is 0.480 e. The second kappa shape index (κ2) is 35.0. The first-order valence-corrected chi connectivity index (χ1v) is 20.5. The third-order valence-electron chi connectivity index (χ3n) is 7.46. The molecule has 4 N–H and O–H groups in total. The van der Waals surface area contributed by atoms with Gasteiger partial charge in [-0.05, 0) is 77.0 Å². The van der Waals surface area contributed by atoms with Crippen LogP contribution in [0.4, 0.5) is 0 Å². The number of carbonyl (C=O) groups excluding carboxylic acids is 2. The number of carboxylic acid groups (broad SMARTS) is 1. The van der Waals surface area contributed by atoms with Crippen LogP contribution in [0.15, 0.2) is 72.9 Å². The molecule has 0 aromatic rings. The normalized spacial score (nSPS) is 14.7. The van der Waals surface area contributed by atoms with Crippen molar-refractivity contribution in [3.05, 3.63) is 72.9 Å². The third-order valence-corrected chi connectivity index (χ3v) is 8.41. The van der Waals surface area contributed by atoms with Gasteiger partial charge in [0, 0.05) is 12.8 Å². The molecule has 0 saturated heterocycles. The van der Waals surface area contributed by atoms with Crippen LogP contribution in [0.1, 0.15) is 129 Å². The molecular formula is C40H66NO10P. The fourth-order valence-corrected chi connectivity index (χ4v) is 5.29. The van der Waals surface area contributed by atoms with Gasteiger partial charge in [0.1, 0.15) is 12.7 Å². The lowest BCUT2D eigenvalue weighted by molar-refractivity contribution is -0.147. The lowest BCUT2D eigenvalue weighted by Crippen LogP contribution is -2.43. The highest BCUT2D eigenvalue weighted by atomic mass is 31.2. The fraction of sp³-hybridized carbons (Fsp3) is 0.625. The summed E-state index contributed by atoms with van der Waals surface area (Å²) in [5, 5.41) is 21.7. The first-order valence-electron chi connectivity index (χ1n) is 19.0. The van der Waals surface area contributed by atoms with Gasteiger partial charge in [0.15, 0.2) is 6.04 Å². The average Bonchev–Trinajstić information content (AvgIpc) is 3.11. The molecule has 0 aromatic heterocycles. The van der Waals surface area contributed by atoms with E-state index in [9.17, 15) is 34.1 Å². The Morgan fingerprint density at radius 2 is 1.12 bits per heavy atom.